The highest BCUT2D eigenvalue weighted by Gasteiger charge is 2.31. The monoisotopic (exact) mass is 431 g/mol. The molecule has 31 heavy (non-hydrogen) atoms. The number of rotatable bonds is 7. The maximum Gasteiger partial charge on any atom is 0.416 e. The van der Waals surface area contributed by atoms with Gasteiger partial charge in [0, 0.05) is 12.1 Å². The lowest BCUT2D eigenvalue weighted by Crippen LogP contribution is -2.12. The molecule has 2 aromatic carbocycles. The molecular weight excluding hydrogens is 414 g/mol. The predicted molar refractivity (Wildman–Crippen MR) is 105 cm³/mol. The molecule has 3 rings (SSSR count). The Hall–Kier alpha value is -3.71. The summed E-state index contributed by atoms with van der Waals surface area (Å²) in [5.74, 6) is -0.985. The Morgan fingerprint density at radius 1 is 1.13 bits per heavy atom. The van der Waals surface area contributed by atoms with Crippen molar-refractivity contribution in [3.63, 3.8) is 0 Å². The van der Waals surface area contributed by atoms with E-state index >= 15 is 0 Å². The maximum absolute atomic E-state index is 13.3. The molecule has 1 heterocycles. The first-order chi connectivity index (χ1) is 14.8. The van der Waals surface area contributed by atoms with Crippen LogP contribution in [-0.2, 0) is 6.18 Å². The minimum Gasteiger partial charge on any atom is -0.369 e. The van der Waals surface area contributed by atoms with E-state index in [2.05, 4.69) is 10.4 Å². The molecule has 0 fully saturated rings. The van der Waals surface area contributed by atoms with Gasteiger partial charge in [-0.1, -0.05) is 12.1 Å². The third kappa shape index (κ3) is 4.73. The smallest absolute Gasteiger partial charge is 0.369 e. The number of carbonyl (C=O) groups is 1. The molecule has 0 saturated heterocycles. The van der Waals surface area contributed by atoms with Gasteiger partial charge in [0.1, 0.15) is 23.3 Å². The lowest BCUT2D eigenvalue weighted by atomic mass is 10.0. The van der Waals surface area contributed by atoms with Crippen LogP contribution in [-0.4, -0.2) is 28.7 Å². The standard InChI is InChI=1S/C21H17F4N5O/c22-15-6-8-16(9-7-15)30-20(28-11-1-10-26)17(12-27)18(29-30)19(31)13-2-4-14(5-3-13)21(23,24)25/h2-9,28H,1,10-11,26H2. The first-order valence-electron chi connectivity index (χ1n) is 9.21. The second-order valence-electron chi connectivity index (χ2n) is 6.55. The van der Waals surface area contributed by atoms with Crippen molar-refractivity contribution in [2.75, 3.05) is 18.4 Å². The van der Waals surface area contributed by atoms with Crippen LogP contribution in [0.2, 0.25) is 0 Å². The van der Waals surface area contributed by atoms with Crippen molar-refractivity contribution in [2.24, 2.45) is 5.73 Å². The van der Waals surface area contributed by atoms with Gasteiger partial charge < -0.3 is 11.1 Å². The quantitative estimate of drug-likeness (QED) is 0.336. The fourth-order valence-corrected chi connectivity index (χ4v) is 2.87. The molecule has 0 saturated carbocycles. The topological polar surface area (TPSA) is 96.7 Å². The largest absolute Gasteiger partial charge is 0.416 e. The lowest BCUT2D eigenvalue weighted by Gasteiger charge is -2.09. The Bertz CT molecular complexity index is 1110. The number of nitrogens with one attached hydrogen (secondary N) is 1. The summed E-state index contributed by atoms with van der Waals surface area (Å²) in [6.45, 7) is 0.767. The molecule has 0 aliphatic carbocycles. The van der Waals surface area contributed by atoms with Crippen LogP contribution in [0.25, 0.3) is 5.69 Å². The maximum atomic E-state index is 13.3. The van der Waals surface area contributed by atoms with E-state index < -0.39 is 23.3 Å². The summed E-state index contributed by atoms with van der Waals surface area (Å²) in [5, 5.41) is 16.9. The van der Waals surface area contributed by atoms with Gasteiger partial charge in [-0.3, -0.25) is 4.79 Å². The van der Waals surface area contributed by atoms with Gasteiger partial charge in [0.05, 0.1) is 11.3 Å². The summed E-state index contributed by atoms with van der Waals surface area (Å²) < 4.78 is 53.0. The van der Waals surface area contributed by atoms with Gasteiger partial charge in [0.15, 0.2) is 5.69 Å². The van der Waals surface area contributed by atoms with E-state index in [1.807, 2.05) is 6.07 Å². The first kappa shape index (κ1) is 22.0. The Morgan fingerprint density at radius 3 is 2.32 bits per heavy atom. The van der Waals surface area contributed by atoms with E-state index in [0.717, 1.165) is 24.3 Å². The van der Waals surface area contributed by atoms with Crippen LogP contribution in [0.1, 0.15) is 33.6 Å². The summed E-state index contributed by atoms with van der Waals surface area (Å²) in [6.07, 6.45) is -3.97. The molecule has 0 aliphatic heterocycles. The number of anilines is 1. The predicted octanol–water partition coefficient (Wildman–Crippen LogP) is 3.89. The van der Waals surface area contributed by atoms with Gasteiger partial charge in [0.25, 0.3) is 0 Å². The third-order valence-corrected chi connectivity index (χ3v) is 4.43. The second-order valence-corrected chi connectivity index (χ2v) is 6.55. The Labute approximate surface area is 174 Å². The number of nitriles is 1. The third-order valence-electron chi connectivity index (χ3n) is 4.43. The van der Waals surface area contributed by atoms with Crippen molar-refractivity contribution < 1.29 is 22.4 Å². The molecule has 6 nitrogen and oxygen atoms in total. The molecule has 160 valence electrons. The average Bonchev–Trinajstić information content (AvgIpc) is 3.12. The fourth-order valence-electron chi connectivity index (χ4n) is 2.87. The Kier molecular flexibility index (Phi) is 6.36. The number of nitrogens with zero attached hydrogens (tertiary/aromatic N) is 3. The zero-order chi connectivity index (χ0) is 22.6. The molecule has 0 bridgehead atoms. The summed E-state index contributed by atoms with van der Waals surface area (Å²) >= 11 is 0. The number of carbonyl (C=O) groups excluding carboxylic acids is 1. The van der Waals surface area contributed by atoms with E-state index in [1.54, 1.807) is 0 Å². The van der Waals surface area contributed by atoms with Crippen molar-refractivity contribution in [2.45, 2.75) is 12.6 Å². The van der Waals surface area contributed by atoms with Crippen LogP contribution < -0.4 is 11.1 Å². The van der Waals surface area contributed by atoms with Crippen LogP contribution >= 0.6 is 0 Å². The van der Waals surface area contributed by atoms with Crippen LogP contribution in [0.4, 0.5) is 23.4 Å². The van der Waals surface area contributed by atoms with E-state index in [4.69, 9.17) is 5.73 Å². The molecule has 0 amide bonds. The highest BCUT2D eigenvalue weighted by Crippen LogP contribution is 2.30. The molecule has 0 spiro atoms. The van der Waals surface area contributed by atoms with E-state index in [9.17, 15) is 27.6 Å². The zero-order valence-corrected chi connectivity index (χ0v) is 16.1. The SMILES string of the molecule is N#Cc1c(C(=O)c2ccc(C(F)(F)F)cc2)nn(-c2ccc(F)cc2)c1NCCCN. The van der Waals surface area contributed by atoms with Crippen LogP contribution in [0.5, 0.6) is 0 Å². The minimum absolute atomic E-state index is 0.0539. The zero-order valence-electron chi connectivity index (χ0n) is 16.1. The molecule has 1 aromatic heterocycles. The normalized spacial score (nSPS) is 11.2. The Balaban J connectivity index is 2.07. The number of hydrogen-bond acceptors (Lipinski definition) is 5. The van der Waals surface area contributed by atoms with Crippen molar-refractivity contribution in [3.05, 3.63) is 76.7 Å². The second kappa shape index (κ2) is 8.97. The summed E-state index contributed by atoms with van der Waals surface area (Å²) in [7, 11) is 0. The highest BCUT2D eigenvalue weighted by atomic mass is 19.4. The van der Waals surface area contributed by atoms with Crippen molar-refractivity contribution in [1.29, 1.82) is 5.26 Å². The molecule has 0 unspecified atom stereocenters. The number of ketones is 1. The summed E-state index contributed by atoms with van der Waals surface area (Å²) in [5.41, 5.74) is 4.62. The van der Waals surface area contributed by atoms with Gasteiger partial charge in [-0.25, -0.2) is 9.07 Å². The first-order valence-corrected chi connectivity index (χ1v) is 9.21. The van der Waals surface area contributed by atoms with Gasteiger partial charge in [-0.2, -0.15) is 23.5 Å². The van der Waals surface area contributed by atoms with Crippen molar-refractivity contribution in [1.82, 2.24) is 9.78 Å². The lowest BCUT2D eigenvalue weighted by molar-refractivity contribution is -0.137. The van der Waals surface area contributed by atoms with Crippen LogP contribution in [0.15, 0.2) is 48.5 Å². The highest BCUT2D eigenvalue weighted by molar-refractivity contribution is 6.10. The molecule has 10 heteroatoms. The fraction of sp³-hybridized carbons (Fsp3) is 0.190. The van der Waals surface area contributed by atoms with Gasteiger partial charge >= 0.3 is 6.18 Å². The number of alkyl halides is 3. The van der Waals surface area contributed by atoms with E-state index in [-0.39, 0.29) is 22.6 Å². The van der Waals surface area contributed by atoms with Crippen molar-refractivity contribution in [3.8, 4) is 11.8 Å². The minimum atomic E-state index is -4.54. The average molecular weight is 431 g/mol. The number of halogens is 4. The number of nitrogens with two attached hydrogens (primary N) is 1. The van der Waals surface area contributed by atoms with Crippen LogP contribution in [0, 0.1) is 17.1 Å². The molecule has 0 atom stereocenters. The summed E-state index contributed by atoms with van der Waals surface area (Å²) in [6, 6.07) is 10.8. The molecule has 3 aromatic rings. The summed E-state index contributed by atoms with van der Waals surface area (Å²) in [4.78, 5) is 13.0. The molecule has 0 radical (unpaired) electrons. The van der Waals surface area contributed by atoms with Crippen LogP contribution in [0.3, 0.4) is 0 Å². The van der Waals surface area contributed by atoms with Gasteiger partial charge in [-0.05, 0) is 49.4 Å². The number of benzene rings is 2. The molecule has 0 aliphatic rings. The number of hydrogen-bond donors (Lipinski definition) is 2. The Morgan fingerprint density at radius 2 is 1.77 bits per heavy atom. The van der Waals surface area contributed by atoms with E-state index in [1.165, 1.54) is 28.9 Å². The molecular formula is C21H17F4N5O. The van der Waals surface area contributed by atoms with Gasteiger partial charge in [0.2, 0.25) is 5.78 Å². The van der Waals surface area contributed by atoms with Crippen molar-refractivity contribution >= 4 is 11.6 Å². The van der Waals surface area contributed by atoms with Gasteiger partial charge in [-0.15, -0.1) is 0 Å². The number of aromatic nitrogens is 2. The molecule has 3 N–H and O–H groups in total. The van der Waals surface area contributed by atoms with E-state index in [0.29, 0.717) is 25.2 Å².